The smallest absolute Gasteiger partial charge is 0.0287 e. The Morgan fingerprint density at radius 3 is 2.17 bits per heavy atom. The second kappa shape index (κ2) is 6.02. The predicted octanol–water partition coefficient (Wildman–Crippen LogP) is 7.57. The van der Waals surface area contributed by atoms with Gasteiger partial charge in [0, 0.05) is 0 Å². The summed E-state index contributed by atoms with van der Waals surface area (Å²) in [4.78, 5) is 0. The maximum absolute atomic E-state index is 2.55. The lowest BCUT2D eigenvalue weighted by atomic mass is 9.43. The topological polar surface area (TPSA) is 0 Å². The molecule has 0 spiro atoms. The SMILES string of the molecule is CC(C)C1CC2(CC(C)(C)C(C)C)CCC3CC(C)(C)CC1C3C2. The minimum atomic E-state index is 0.495. The van der Waals surface area contributed by atoms with Gasteiger partial charge in [0.2, 0.25) is 0 Å². The Hall–Kier alpha value is 0. The van der Waals surface area contributed by atoms with E-state index < -0.39 is 0 Å². The van der Waals surface area contributed by atoms with E-state index in [-0.39, 0.29) is 0 Å². The van der Waals surface area contributed by atoms with Crippen LogP contribution in [0.4, 0.5) is 0 Å². The highest BCUT2D eigenvalue weighted by Crippen LogP contribution is 2.66. The molecular formula is C24H44. The lowest BCUT2D eigenvalue weighted by Crippen LogP contribution is -2.53. The zero-order valence-electron chi connectivity index (χ0n) is 17.9. The molecule has 0 nitrogen and oxygen atoms in total. The van der Waals surface area contributed by atoms with Crippen LogP contribution in [-0.2, 0) is 0 Å². The summed E-state index contributed by atoms with van der Waals surface area (Å²) in [7, 11) is 0. The monoisotopic (exact) mass is 332 g/mol. The fourth-order valence-corrected chi connectivity index (χ4v) is 7.25. The van der Waals surface area contributed by atoms with Crippen molar-refractivity contribution in [1.82, 2.24) is 0 Å². The van der Waals surface area contributed by atoms with Gasteiger partial charge in [-0.2, -0.15) is 0 Å². The molecule has 0 saturated heterocycles. The second-order valence-electron chi connectivity index (χ2n) is 12.3. The summed E-state index contributed by atoms with van der Waals surface area (Å²) in [6.45, 7) is 20.1. The molecule has 5 atom stereocenters. The number of fused-ring (bicyclic) bond motifs is 1. The van der Waals surface area contributed by atoms with Crippen molar-refractivity contribution in [2.75, 3.05) is 0 Å². The zero-order chi connectivity index (χ0) is 17.9. The Labute approximate surface area is 152 Å². The Kier molecular flexibility index (Phi) is 4.71. The van der Waals surface area contributed by atoms with Crippen molar-refractivity contribution in [3.8, 4) is 0 Å². The molecule has 0 aromatic heterocycles. The fraction of sp³-hybridized carbons (Fsp3) is 1.00. The van der Waals surface area contributed by atoms with Crippen LogP contribution in [0.25, 0.3) is 0 Å². The van der Waals surface area contributed by atoms with E-state index in [9.17, 15) is 0 Å². The van der Waals surface area contributed by atoms with Crippen molar-refractivity contribution in [2.24, 2.45) is 51.8 Å². The van der Waals surface area contributed by atoms with Crippen LogP contribution >= 0.6 is 0 Å². The van der Waals surface area contributed by atoms with Gasteiger partial charge in [-0.1, -0.05) is 55.4 Å². The Balaban J connectivity index is 1.89. The molecule has 0 N–H and O–H groups in total. The van der Waals surface area contributed by atoms with Gasteiger partial charge in [0.25, 0.3) is 0 Å². The van der Waals surface area contributed by atoms with E-state index in [0.29, 0.717) is 16.2 Å². The van der Waals surface area contributed by atoms with Crippen molar-refractivity contribution in [2.45, 2.75) is 100 Å². The van der Waals surface area contributed by atoms with E-state index in [1.165, 1.54) is 38.5 Å². The average Bonchev–Trinajstić information content (AvgIpc) is 2.43. The number of hydrogen-bond acceptors (Lipinski definition) is 0. The molecule has 0 aliphatic heterocycles. The van der Waals surface area contributed by atoms with E-state index in [2.05, 4.69) is 55.4 Å². The van der Waals surface area contributed by atoms with Gasteiger partial charge in [0.05, 0.1) is 0 Å². The standard InChI is InChI=1S/C24H44/c1-16(2)19-13-24(15-23(7,8)17(3)4)10-9-18-11-22(5,6)12-21(19)20(18)14-24/h16-21H,9-15H2,1-8H3. The molecule has 0 aromatic carbocycles. The second-order valence-corrected chi connectivity index (χ2v) is 12.3. The Bertz CT molecular complexity index is 453. The first-order chi connectivity index (χ1) is 10.9. The predicted molar refractivity (Wildman–Crippen MR) is 106 cm³/mol. The molecule has 0 amide bonds. The van der Waals surface area contributed by atoms with Gasteiger partial charge in [0.1, 0.15) is 0 Å². The molecule has 0 heterocycles. The molecule has 3 aliphatic carbocycles. The van der Waals surface area contributed by atoms with Crippen molar-refractivity contribution < 1.29 is 0 Å². The van der Waals surface area contributed by atoms with Crippen LogP contribution < -0.4 is 0 Å². The van der Waals surface area contributed by atoms with Crippen LogP contribution in [0.2, 0.25) is 0 Å². The van der Waals surface area contributed by atoms with E-state index >= 15 is 0 Å². The highest BCUT2D eigenvalue weighted by molar-refractivity contribution is 5.06. The van der Waals surface area contributed by atoms with Crippen LogP contribution in [0.1, 0.15) is 100 Å². The number of rotatable bonds is 4. The average molecular weight is 333 g/mol. The molecule has 0 heteroatoms. The van der Waals surface area contributed by atoms with Crippen molar-refractivity contribution in [3.63, 3.8) is 0 Å². The highest BCUT2D eigenvalue weighted by Gasteiger charge is 2.56. The minimum absolute atomic E-state index is 0.495. The Morgan fingerprint density at radius 1 is 0.917 bits per heavy atom. The summed E-state index contributed by atoms with van der Waals surface area (Å²) < 4.78 is 0. The van der Waals surface area contributed by atoms with Gasteiger partial charge in [-0.05, 0) is 96.7 Å². The summed E-state index contributed by atoms with van der Waals surface area (Å²) >= 11 is 0. The van der Waals surface area contributed by atoms with Crippen LogP contribution in [0.5, 0.6) is 0 Å². The molecule has 0 aromatic rings. The van der Waals surface area contributed by atoms with Gasteiger partial charge in [-0.15, -0.1) is 0 Å². The molecule has 140 valence electrons. The third-order valence-electron chi connectivity index (χ3n) is 8.94. The van der Waals surface area contributed by atoms with Crippen LogP contribution in [0, 0.1) is 51.8 Å². The Morgan fingerprint density at radius 2 is 1.58 bits per heavy atom. The van der Waals surface area contributed by atoms with Crippen LogP contribution in [0.15, 0.2) is 0 Å². The van der Waals surface area contributed by atoms with E-state index in [1.54, 1.807) is 6.42 Å². The largest absolute Gasteiger partial charge is 0.0625 e. The van der Waals surface area contributed by atoms with Gasteiger partial charge >= 0.3 is 0 Å². The molecule has 24 heavy (non-hydrogen) atoms. The van der Waals surface area contributed by atoms with Crippen molar-refractivity contribution >= 4 is 0 Å². The summed E-state index contributed by atoms with van der Waals surface area (Å²) in [6, 6.07) is 0. The summed E-state index contributed by atoms with van der Waals surface area (Å²) in [6.07, 6.45) is 10.6. The molecule has 3 saturated carbocycles. The van der Waals surface area contributed by atoms with Gasteiger partial charge in [0.15, 0.2) is 0 Å². The van der Waals surface area contributed by atoms with Crippen LogP contribution in [0.3, 0.4) is 0 Å². The summed E-state index contributed by atoms with van der Waals surface area (Å²) in [5, 5.41) is 0. The number of hydrogen-bond donors (Lipinski definition) is 0. The molecule has 0 radical (unpaired) electrons. The first-order valence-electron chi connectivity index (χ1n) is 10.9. The quantitative estimate of drug-likeness (QED) is 0.498. The van der Waals surface area contributed by atoms with Gasteiger partial charge < -0.3 is 0 Å². The maximum atomic E-state index is 2.55. The van der Waals surface area contributed by atoms with Gasteiger partial charge in [-0.3, -0.25) is 0 Å². The van der Waals surface area contributed by atoms with Gasteiger partial charge in [-0.25, -0.2) is 0 Å². The molecule has 3 fully saturated rings. The van der Waals surface area contributed by atoms with Crippen LogP contribution in [-0.4, -0.2) is 0 Å². The van der Waals surface area contributed by atoms with E-state index in [4.69, 9.17) is 0 Å². The first-order valence-corrected chi connectivity index (χ1v) is 10.9. The molecule has 3 rings (SSSR count). The van der Waals surface area contributed by atoms with Crippen molar-refractivity contribution in [1.29, 1.82) is 0 Å². The summed E-state index contributed by atoms with van der Waals surface area (Å²) in [5.41, 5.74) is 1.75. The molecule has 3 aliphatic rings. The van der Waals surface area contributed by atoms with E-state index in [1.807, 2.05) is 0 Å². The third-order valence-corrected chi connectivity index (χ3v) is 8.94. The van der Waals surface area contributed by atoms with Crippen molar-refractivity contribution in [3.05, 3.63) is 0 Å². The minimum Gasteiger partial charge on any atom is -0.0625 e. The molecular weight excluding hydrogens is 288 g/mol. The van der Waals surface area contributed by atoms with E-state index in [0.717, 1.165) is 35.5 Å². The maximum Gasteiger partial charge on any atom is -0.0287 e. The highest BCUT2D eigenvalue weighted by atomic mass is 14.6. The third kappa shape index (κ3) is 3.33. The normalized spacial score (nSPS) is 41.8. The molecule has 2 bridgehead atoms. The summed E-state index contributed by atoms with van der Waals surface area (Å²) in [5.74, 6) is 5.76. The lowest BCUT2D eigenvalue weighted by Gasteiger charge is -2.62. The first kappa shape index (κ1) is 18.8. The zero-order valence-corrected chi connectivity index (χ0v) is 17.9. The lowest BCUT2D eigenvalue weighted by molar-refractivity contribution is -0.123. The molecule has 5 unspecified atom stereocenters. The fourth-order valence-electron chi connectivity index (χ4n) is 7.25.